The summed E-state index contributed by atoms with van der Waals surface area (Å²) in [6, 6.07) is 1.10. The molecule has 0 saturated heterocycles. The van der Waals surface area contributed by atoms with Crippen LogP contribution in [0.5, 0.6) is 0 Å². The molecule has 0 aliphatic heterocycles. The Labute approximate surface area is 118 Å². The Kier molecular flexibility index (Phi) is 7.29. The standard InChI is InChI=1S/C15H32N2O2/c1-5-15(12-18,16-14-7-8-14)9-6-10-17(3)13(2)11-19-4/h13-14,16,18H,5-12H2,1-4H3. The van der Waals surface area contributed by atoms with Gasteiger partial charge in [0, 0.05) is 24.7 Å². The van der Waals surface area contributed by atoms with E-state index in [1.165, 1.54) is 12.8 Å². The monoisotopic (exact) mass is 272 g/mol. The van der Waals surface area contributed by atoms with Gasteiger partial charge in [0.15, 0.2) is 0 Å². The summed E-state index contributed by atoms with van der Waals surface area (Å²) in [4.78, 5) is 2.33. The van der Waals surface area contributed by atoms with Gasteiger partial charge in [-0.3, -0.25) is 0 Å². The molecule has 114 valence electrons. The highest BCUT2D eigenvalue weighted by Crippen LogP contribution is 2.26. The molecule has 0 bridgehead atoms. The minimum absolute atomic E-state index is 0.0630. The maximum atomic E-state index is 9.72. The van der Waals surface area contributed by atoms with E-state index in [2.05, 4.69) is 31.1 Å². The Bertz CT molecular complexity index is 240. The number of rotatable bonds is 11. The number of nitrogens with zero attached hydrogens (tertiary/aromatic N) is 1. The van der Waals surface area contributed by atoms with Gasteiger partial charge in [0.1, 0.15) is 0 Å². The van der Waals surface area contributed by atoms with Crippen LogP contribution in [0.2, 0.25) is 0 Å². The van der Waals surface area contributed by atoms with Crippen LogP contribution in [-0.4, -0.2) is 61.5 Å². The molecule has 0 heterocycles. The molecule has 0 aromatic rings. The third kappa shape index (κ3) is 5.78. The van der Waals surface area contributed by atoms with Gasteiger partial charge in [0.05, 0.1) is 13.2 Å². The SMILES string of the molecule is CCC(CO)(CCCN(C)C(C)COC)NC1CC1. The molecule has 1 aliphatic carbocycles. The predicted octanol–water partition coefficient (Wildman–Crippen LogP) is 1.63. The molecule has 0 spiro atoms. The van der Waals surface area contributed by atoms with Gasteiger partial charge in [-0.15, -0.1) is 0 Å². The average molecular weight is 272 g/mol. The maximum Gasteiger partial charge on any atom is 0.0615 e. The summed E-state index contributed by atoms with van der Waals surface area (Å²) in [6.45, 7) is 6.43. The highest BCUT2D eigenvalue weighted by atomic mass is 16.5. The largest absolute Gasteiger partial charge is 0.394 e. The van der Waals surface area contributed by atoms with Crippen molar-refractivity contribution < 1.29 is 9.84 Å². The van der Waals surface area contributed by atoms with Crippen LogP contribution in [-0.2, 0) is 4.74 Å². The summed E-state index contributed by atoms with van der Waals surface area (Å²) >= 11 is 0. The van der Waals surface area contributed by atoms with Gasteiger partial charge < -0.3 is 20.1 Å². The lowest BCUT2D eigenvalue weighted by atomic mass is 9.91. The Morgan fingerprint density at radius 1 is 1.47 bits per heavy atom. The lowest BCUT2D eigenvalue weighted by molar-refractivity contribution is 0.105. The van der Waals surface area contributed by atoms with Crippen molar-refractivity contribution in [3.63, 3.8) is 0 Å². The fraction of sp³-hybridized carbons (Fsp3) is 1.00. The van der Waals surface area contributed by atoms with E-state index in [1.54, 1.807) is 7.11 Å². The van der Waals surface area contributed by atoms with Crippen LogP contribution < -0.4 is 5.32 Å². The van der Waals surface area contributed by atoms with E-state index in [-0.39, 0.29) is 12.1 Å². The maximum absolute atomic E-state index is 9.72. The smallest absolute Gasteiger partial charge is 0.0615 e. The Balaban J connectivity index is 2.30. The van der Waals surface area contributed by atoms with Gasteiger partial charge in [-0.2, -0.15) is 0 Å². The summed E-state index contributed by atoms with van der Waals surface area (Å²) in [5.41, 5.74) is -0.0630. The van der Waals surface area contributed by atoms with Crippen LogP contribution >= 0.6 is 0 Å². The van der Waals surface area contributed by atoms with E-state index in [1.807, 2.05) is 0 Å². The molecule has 4 heteroatoms. The number of ether oxygens (including phenoxy) is 1. The fourth-order valence-electron chi connectivity index (χ4n) is 2.50. The molecule has 1 saturated carbocycles. The molecule has 1 aliphatic rings. The molecule has 0 radical (unpaired) electrons. The Morgan fingerprint density at radius 2 is 2.16 bits per heavy atom. The van der Waals surface area contributed by atoms with Crippen molar-refractivity contribution >= 4 is 0 Å². The second kappa shape index (κ2) is 8.20. The summed E-state index contributed by atoms with van der Waals surface area (Å²) in [5, 5.41) is 13.4. The van der Waals surface area contributed by atoms with Crippen LogP contribution in [0.4, 0.5) is 0 Å². The first-order chi connectivity index (χ1) is 9.06. The molecule has 0 aromatic carbocycles. The topological polar surface area (TPSA) is 44.7 Å². The lowest BCUT2D eigenvalue weighted by Gasteiger charge is -2.33. The minimum atomic E-state index is -0.0630. The highest BCUT2D eigenvalue weighted by molar-refractivity contribution is 4.94. The first-order valence-electron chi connectivity index (χ1n) is 7.64. The highest BCUT2D eigenvalue weighted by Gasteiger charge is 2.33. The molecule has 19 heavy (non-hydrogen) atoms. The Hall–Kier alpha value is -0.160. The van der Waals surface area contributed by atoms with Crippen molar-refractivity contribution in [2.45, 2.75) is 63.6 Å². The Morgan fingerprint density at radius 3 is 2.63 bits per heavy atom. The van der Waals surface area contributed by atoms with Crippen molar-refractivity contribution in [1.29, 1.82) is 0 Å². The zero-order chi connectivity index (χ0) is 14.3. The van der Waals surface area contributed by atoms with Crippen LogP contribution in [0, 0.1) is 0 Å². The van der Waals surface area contributed by atoms with Crippen LogP contribution in [0.25, 0.3) is 0 Å². The number of hydrogen-bond donors (Lipinski definition) is 2. The molecular formula is C15H32N2O2. The second-order valence-corrected chi connectivity index (χ2v) is 6.10. The molecule has 2 atom stereocenters. The lowest BCUT2D eigenvalue weighted by Crippen LogP contribution is -2.49. The van der Waals surface area contributed by atoms with Crippen molar-refractivity contribution in [2.75, 3.05) is 33.9 Å². The average Bonchev–Trinajstić information content (AvgIpc) is 3.21. The van der Waals surface area contributed by atoms with E-state index < -0.39 is 0 Å². The predicted molar refractivity (Wildman–Crippen MR) is 79.5 cm³/mol. The molecule has 2 N–H and O–H groups in total. The number of methoxy groups -OCH3 is 1. The molecule has 4 nitrogen and oxygen atoms in total. The summed E-state index contributed by atoms with van der Waals surface area (Å²) < 4.78 is 5.18. The second-order valence-electron chi connectivity index (χ2n) is 6.10. The quantitative estimate of drug-likeness (QED) is 0.600. The van der Waals surface area contributed by atoms with Crippen molar-refractivity contribution in [3.8, 4) is 0 Å². The first-order valence-corrected chi connectivity index (χ1v) is 7.64. The molecule has 0 amide bonds. The fourth-order valence-corrected chi connectivity index (χ4v) is 2.50. The van der Waals surface area contributed by atoms with Crippen LogP contribution in [0.1, 0.15) is 46.0 Å². The third-order valence-electron chi connectivity index (χ3n) is 4.39. The number of aliphatic hydroxyl groups is 1. The molecule has 2 unspecified atom stereocenters. The van der Waals surface area contributed by atoms with Gasteiger partial charge in [0.2, 0.25) is 0 Å². The summed E-state index contributed by atoms with van der Waals surface area (Å²) in [5.74, 6) is 0. The minimum Gasteiger partial charge on any atom is -0.394 e. The number of aliphatic hydroxyl groups excluding tert-OH is 1. The van der Waals surface area contributed by atoms with Crippen molar-refractivity contribution in [1.82, 2.24) is 10.2 Å². The molecular weight excluding hydrogens is 240 g/mol. The zero-order valence-electron chi connectivity index (χ0n) is 13.1. The van der Waals surface area contributed by atoms with Gasteiger partial charge in [-0.25, -0.2) is 0 Å². The van der Waals surface area contributed by atoms with E-state index in [0.29, 0.717) is 12.1 Å². The van der Waals surface area contributed by atoms with Crippen LogP contribution in [0.3, 0.4) is 0 Å². The first kappa shape index (κ1) is 16.9. The van der Waals surface area contributed by atoms with Crippen LogP contribution in [0.15, 0.2) is 0 Å². The normalized spacial score (nSPS) is 20.5. The molecule has 0 aromatic heterocycles. The molecule has 1 rings (SSSR count). The van der Waals surface area contributed by atoms with Crippen molar-refractivity contribution in [2.24, 2.45) is 0 Å². The summed E-state index contributed by atoms with van der Waals surface area (Å²) in [6.07, 6.45) is 5.69. The van der Waals surface area contributed by atoms with Crippen molar-refractivity contribution in [3.05, 3.63) is 0 Å². The number of nitrogens with one attached hydrogen (secondary N) is 1. The van der Waals surface area contributed by atoms with E-state index in [0.717, 1.165) is 32.4 Å². The summed E-state index contributed by atoms with van der Waals surface area (Å²) in [7, 11) is 3.89. The van der Waals surface area contributed by atoms with E-state index in [4.69, 9.17) is 4.74 Å². The molecule has 1 fully saturated rings. The van der Waals surface area contributed by atoms with Gasteiger partial charge >= 0.3 is 0 Å². The van der Waals surface area contributed by atoms with E-state index >= 15 is 0 Å². The zero-order valence-corrected chi connectivity index (χ0v) is 13.1. The van der Waals surface area contributed by atoms with Gasteiger partial charge in [-0.05, 0) is 52.6 Å². The van der Waals surface area contributed by atoms with Gasteiger partial charge in [-0.1, -0.05) is 6.92 Å². The van der Waals surface area contributed by atoms with Gasteiger partial charge in [0.25, 0.3) is 0 Å². The van der Waals surface area contributed by atoms with E-state index in [9.17, 15) is 5.11 Å². The number of hydrogen-bond acceptors (Lipinski definition) is 4. The third-order valence-corrected chi connectivity index (χ3v) is 4.39. The number of likely N-dealkylation sites (N-methyl/N-ethyl adjacent to an activating group) is 1.